The SMILES string of the molecule is CCc1c(C(=O)NC2CCN(S(=O)(=O)CC)CC2)cnn1Cc1ccccc1. The zero-order valence-electron chi connectivity index (χ0n) is 16.5. The zero-order chi connectivity index (χ0) is 20.1. The highest BCUT2D eigenvalue weighted by Crippen LogP contribution is 2.17. The fraction of sp³-hybridized carbons (Fsp3) is 0.500. The predicted molar refractivity (Wildman–Crippen MR) is 109 cm³/mol. The topological polar surface area (TPSA) is 84.3 Å². The van der Waals surface area contributed by atoms with Gasteiger partial charge in [0.15, 0.2) is 0 Å². The van der Waals surface area contributed by atoms with Crippen molar-refractivity contribution in [3.05, 3.63) is 53.3 Å². The number of amides is 1. The van der Waals surface area contributed by atoms with Gasteiger partial charge < -0.3 is 5.32 Å². The van der Waals surface area contributed by atoms with Gasteiger partial charge in [0.2, 0.25) is 10.0 Å². The number of hydrogen-bond acceptors (Lipinski definition) is 4. The van der Waals surface area contributed by atoms with Crippen LogP contribution in [0.25, 0.3) is 0 Å². The zero-order valence-corrected chi connectivity index (χ0v) is 17.3. The number of carbonyl (C=O) groups excluding carboxylic acids is 1. The molecule has 1 N–H and O–H groups in total. The van der Waals surface area contributed by atoms with Crippen LogP contribution >= 0.6 is 0 Å². The van der Waals surface area contributed by atoms with Crippen molar-refractivity contribution in [3.8, 4) is 0 Å². The number of carbonyl (C=O) groups is 1. The molecule has 1 aliphatic rings. The van der Waals surface area contributed by atoms with Crippen molar-refractivity contribution in [1.82, 2.24) is 19.4 Å². The van der Waals surface area contributed by atoms with Crippen molar-refractivity contribution in [2.75, 3.05) is 18.8 Å². The third-order valence-electron chi connectivity index (χ3n) is 5.25. The van der Waals surface area contributed by atoms with E-state index in [0.29, 0.717) is 44.5 Å². The van der Waals surface area contributed by atoms with Crippen LogP contribution in [0.5, 0.6) is 0 Å². The Bertz CT molecular complexity index is 901. The normalized spacial score (nSPS) is 16.2. The highest BCUT2D eigenvalue weighted by Gasteiger charge is 2.28. The predicted octanol–water partition coefficient (Wildman–Crippen LogP) is 2.04. The summed E-state index contributed by atoms with van der Waals surface area (Å²) in [5, 5.41) is 7.48. The second kappa shape index (κ2) is 8.87. The van der Waals surface area contributed by atoms with Crippen LogP contribution in [0.1, 0.15) is 48.3 Å². The van der Waals surface area contributed by atoms with Gasteiger partial charge in [-0.15, -0.1) is 0 Å². The summed E-state index contributed by atoms with van der Waals surface area (Å²) in [5.74, 6) is -0.0160. The van der Waals surface area contributed by atoms with E-state index in [1.54, 1.807) is 13.1 Å². The molecule has 2 aromatic rings. The Balaban J connectivity index is 1.64. The van der Waals surface area contributed by atoms with E-state index in [0.717, 1.165) is 11.3 Å². The summed E-state index contributed by atoms with van der Waals surface area (Å²) in [6.07, 6.45) is 3.60. The highest BCUT2D eigenvalue weighted by molar-refractivity contribution is 7.89. The molecular formula is C20H28N4O3S. The lowest BCUT2D eigenvalue weighted by Crippen LogP contribution is -2.47. The third kappa shape index (κ3) is 4.62. The maximum Gasteiger partial charge on any atom is 0.254 e. The molecular weight excluding hydrogens is 376 g/mol. The van der Waals surface area contributed by atoms with E-state index in [2.05, 4.69) is 10.4 Å². The first-order valence-electron chi connectivity index (χ1n) is 9.82. The van der Waals surface area contributed by atoms with Gasteiger partial charge in [0.1, 0.15) is 0 Å². The molecule has 152 valence electrons. The lowest BCUT2D eigenvalue weighted by atomic mass is 10.1. The molecule has 3 rings (SSSR count). The highest BCUT2D eigenvalue weighted by atomic mass is 32.2. The minimum absolute atomic E-state index is 0.0158. The van der Waals surface area contributed by atoms with Crippen molar-refractivity contribution < 1.29 is 13.2 Å². The van der Waals surface area contributed by atoms with E-state index < -0.39 is 10.0 Å². The van der Waals surface area contributed by atoms with Crippen molar-refractivity contribution in [2.24, 2.45) is 0 Å². The molecule has 1 fully saturated rings. The molecule has 1 aromatic carbocycles. The van der Waals surface area contributed by atoms with Crippen molar-refractivity contribution in [2.45, 2.75) is 45.7 Å². The fourth-order valence-corrected chi connectivity index (χ4v) is 4.72. The average molecular weight is 405 g/mol. The molecule has 1 saturated heterocycles. The van der Waals surface area contributed by atoms with Gasteiger partial charge in [-0.05, 0) is 31.7 Å². The lowest BCUT2D eigenvalue weighted by molar-refractivity contribution is 0.0922. The van der Waals surface area contributed by atoms with Crippen LogP contribution in [-0.2, 0) is 23.0 Å². The Morgan fingerprint density at radius 2 is 1.86 bits per heavy atom. The van der Waals surface area contributed by atoms with Crippen molar-refractivity contribution >= 4 is 15.9 Å². The summed E-state index contributed by atoms with van der Waals surface area (Å²) < 4.78 is 27.3. The molecule has 0 radical (unpaired) electrons. The minimum Gasteiger partial charge on any atom is -0.349 e. The Hall–Kier alpha value is -2.19. The van der Waals surface area contributed by atoms with Gasteiger partial charge in [-0.2, -0.15) is 5.10 Å². The van der Waals surface area contributed by atoms with Gasteiger partial charge in [-0.3, -0.25) is 9.48 Å². The molecule has 1 aromatic heterocycles. The molecule has 0 saturated carbocycles. The maximum absolute atomic E-state index is 12.8. The summed E-state index contributed by atoms with van der Waals surface area (Å²) in [7, 11) is -3.16. The number of sulfonamides is 1. The quantitative estimate of drug-likeness (QED) is 0.765. The molecule has 8 heteroatoms. The third-order valence-corrected chi connectivity index (χ3v) is 7.13. The molecule has 0 aliphatic carbocycles. The Labute approximate surface area is 166 Å². The molecule has 0 unspecified atom stereocenters. The first-order chi connectivity index (χ1) is 13.4. The lowest BCUT2D eigenvalue weighted by Gasteiger charge is -2.31. The van der Waals surface area contributed by atoms with Gasteiger partial charge in [0.25, 0.3) is 5.91 Å². The smallest absolute Gasteiger partial charge is 0.254 e. The van der Waals surface area contributed by atoms with Crippen molar-refractivity contribution in [3.63, 3.8) is 0 Å². The number of nitrogens with zero attached hydrogens (tertiary/aromatic N) is 3. The number of nitrogens with one attached hydrogen (secondary N) is 1. The average Bonchev–Trinajstić information content (AvgIpc) is 3.12. The summed E-state index contributed by atoms with van der Waals surface area (Å²) in [6.45, 7) is 5.21. The second-order valence-electron chi connectivity index (χ2n) is 7.05. The molecule has 1 aliphatic heterocycles. The fourth-order valence-electron chi connectivity index (χ4n) is 3.59. The van der Waals surface area contributed by atoms with Crippen LogP contribution in [0.2, 0.25) is 0 Å². The number of hydrogen-bond donors (Lipinski definition) is 1. The molecule has 0 atom stereocenters. The number of rotatable bonds is 7. The van der Waals surface area contributed by atoms with E-state index in [1.165, 1.54) is 4.31 Å². The van der Waals surface area contributed by atoms with Crippen LogP contribution in [0.4, 0.5) is 0 Å². The van der Waals surface area contributed by atoms with Crippen LogP contribution in [0, 0.1) is 0 Å². The Morgan fingerprint density at radius 1 is 1.18 bits per heavy atom. The van der Waals surface area contributed by atoms with Crippen LogP contribution in [0.3, 0.4) is 0 Å². The van der Waals surface area contributed by atoms with Gasteiger partial charge in [-0.25, -0.2) is 12.7 Å². The number of aromatic nitrogens is 2. The maximum atomic E-state index is 12.8. The molecule has 2 heterocycles. The van der Waals surface area contributed by atoms with Gasteiger partial charge in [0, 0.05) is 19.1 Å². The van der Waals surface area contributed by atoms with Gasteiger partial charge in [0.05, 0.1) is 29.8 Å². The Morgan fingerprint density at radius 3 is 2.46 bits per heavy atom. The van der Waals surface area contributed by atoms with Crippen molar-refractivity contribution in [1.29, 1.82) is 0 Å². The molecule has 0 spiro atoms. The van der Waals surface area contributed by atoms with E-state index in [-0.39, 0.29) is 17.7 Å². The number of piperidine rings is 1. The monoisotopic (exact) mass is 404 g/mol. The van der Waals surface area contributed by atoms with Crippen LogP contribution < -0.4 is 5.32 Å². The van der Waals surface area contributed by atoms with Crippen LogP contribution in [-0.4, -0.2) is 53.3 Å². The first kappa shape index (κ1) is 20.5. The summed E-state index contributed by atoms with van der Waals surface area (Å²) in [4.78, 5) is 12.8. The van der Waals surface area contributed by atoms with Gasteiger partial charge in [-0.1, -0.05) is 37.3 Å². The summed E-state index contributed by atoms with van der Waals surface area (Å²) in [5.41, 5.74) is 2.64. The van der Waals surface area contributed by atoms with E-state index in [1.807, 2.05) is 41.9 Å². The minimum atomic E-state index is -3.16. The van der Waals surface area contributed by atoms with Gasteiger partial charge >= 0.3 is 0 Å². The van der Waals surface area contributed by atoms with Crippen LogP contribution in [0.15, 0.2) is 36.5 Å². The largest absolute Gasteiger partial charge is 0.349 e. The molecule has 1 amide bonds. The number of benzene rings is 1. The summed E-state index contributed by atoms with van der Waals surface area (Å²) >= 11 is 0. The van der Waals surface area contributed by atoms with E-state index in [4.69, 9.17) is 0 Å². The molecule has 7 nitrogen and oxygen atoms in total. The Kier molecular flexibility index (Phi) is 6.51. The van der Waals surface area contributed by atoms with E-state index in [9.17, 15) is 13.2 Å². The van der Waals surface area contributed by atoms with E-state index >= 15 is 0 Å². The molecule has 28 heavy (non-hydrogen) atoms. The first-order valence-corrected chi connectivity index (χ1v) is 11.4. The second-order valence-corrected chi connectivity index (χ2v) is 9.31. The standard InChI is InChI=1S/C20H28N4O3S/c1-3-19-18(14-21-24(19)15-16-8-6-5-7-9-16)20(25)22-17-10-12-23(13-11-17)28(26,27)4-2/h5-9,14,17H,3-4,10-13,15H2,1-2H3,(H,22,25). The summed E-state index contributed by atoms with van der Waals surface area (Å²) in [6, 6.07) is 10.0. The molecule has 0 bridgehead atoms.